The van der Waals surface area contributed by atoms with E-state index in [1.165, 1.54) is 10.6 Å². The summed E-state index contributed by atoms with van der Waals surface area (Å²) in [5.41, 5.74) is 1.12. The summed E-state index contributed by atoms with van der Waals surface area (Å²) >= 11 is 0. The second kappa shape index (κ2) is 2.92. The van der Waals surface area contributed by atoms with Gasteiger partial charge >= 0.3 is 11.2 Å². The van der Waals surface area contributed by atoms with Crippen molar-refractivity contribution in [1.82, 2.24) is 9.38 Å². The zero-order chi connectivity index (χ0) is 10.1. The van der Waals surface area contributed by atoms with Gasteiger partial charge in [0.1, 0.15) is 11.8 Å². The smallest absolute Gasteiger partial charge is 0.261 e. The van der Waals surface area contributed by atoms with E-state index in [2.05, 4.69) is 9.96 Å². The first-order valence-electron chi connectivity index (χ1n) is 4.05. The van der Waals surface area contributed by atoms with E-state index in [1.807, 2.05) is 6.92 Å². The van der Waals surface area contributed by atoms with Crippen LogP contribution in [0.25, 0.3) is 10.6 Å². The van der Waals surface area contributed by atoms with Gasteiger partial charge in [-0.1, -0.05) is 0 Å². The lowest BCUT2D eigenvalue weighted by Gasteiger charge is -1.97. The molecule has 0 bridgehead atoms. The molecule has 2 rings (SSSR count). The first-order valence-corrected chi connectivity index (χ1v) is 4.05. The molecular formula is C9H7N4O+. The molecule has 0 aliphatic heterocycles. The molecule has 0 spiro atoms. The summed E-state index contributed by atoms with van der Waals surface area (Å²) in [7, 11) is 0. The van der Waals surface area contributed by atoms with Gasteiger partial charge in [0, 0.05) is 6.20 Å². The van der Waals surface area contributed by atoms with E-state index >= 15 is 0 Å². The predicted octanol–water partition coefficient (Wildman–Crippen LogP) is 1.49. The van der Waals surface area contributed by atoms with Gasteiger partial charge in [-0.15, -0.1) is 0 Å². The van der Waals surface area contributed by atoms with Gasteiger partial charge in [-0.2, -0.15) is 0 Å². The highest BCUT2D eigenvalue weighted by atomic mass is 16.1. The van der Waals surface area contributed by atoms with E-state index < -0.39 is 0 Å². The summed E-state index contributed by atoms with van der Waals surface area (Å²) in [5.74, 6) is 0. The van der Waals surface area contributed by atoms with Gasteiger partial charge in [0.05, 0.1) is 0 Å². The molecule has 2 heterocycles. The third kappa shape index (κ3) is 1.13. The van der Waals surface area contributed by atoms with Crippen molar-refractivity contribution in [1.29, 1.82) is 5.39 Å². The number of fused-ring (bicyclic) bond motifs is 1. The van der Waals surface area contributed by atoms with Crippen molar-refractivity contribution in [3.05, 3.63) is 45.4 Å². The molecule has 0 radical (unpaired) electrons. The predicted molar refractivity (Wildman–Crippen MR) is 50.9 cm³/mol. The van der Waals surface area contributed by atoms with Gasteiger partial charge in [0.2, 0.25) is 5.39 Å². The Bertz CT molecular complexity index is 594. The minimum atomic E-state index is -0.377. The number of aromatic nitrogens is 2. The van der Waals surface area contributed by atoms with Crippen molar-refractivity contribution in [2.75, 3.05) is 0 Å². The van der Waals surface area contributed by atoms with E-state index in [4.69, 9.17) is 5.39 Å². The Hall–Kier alpha value is -2.22. The SMILES string of the molecule is Cc1ccn2c(=O)c([N+]#N)cnc2c1. The zero-order valence-corrected chi connectivity index (χ0v) is 7.51. The summed E-state index contributed by atoms with van der Waals surface area (Å²) in [6, 6.07) is 3.57. The number of nitrogens with zero attached hydrogens (tertiary/aromatic N) is 4. The van der Waals surface area contributed by atoms with Crippen molar-refractivity contribution < 1.29 is 0 Å². The molecule has 68 valence electrons. The highest BCUT2D eigenvalue weighted by Crippen LogP contribution is 2.06. The van der Waals surface area contributed by atoms with E-state index in [9.17, 15) is 4.79 Å². The zero-order valence-electron chi connectivity index (χ0n) is 7.51. The molecule has 0 atom stereocenters. The van der Waals surface area contributed by atoms with Crippen LogP contribution in [-0.2, 0) is 0 Å². The summed E-state index contributed by atoms with van der Waals surface area (Å²) in [6.45, 7) is 1.91. The average Bonchev–Trinajstić information content (AvgIpc) is 2.18. The quantitative estimate of drug-likeness (QED) is 0.587. The lowest BCUT2D eigenvalue weighted by molar-refractivity contribution is 1.04. The van der Waals surface area contributed by atoms with E-state index in [0.717, 1.165) is 5.56 Å². The fraction of sp³-hybridized carbons (Fsp3) is 0.111. The number of rotatable bonds is 0. The summed E-state index contributed by atoms with van der Waals surface area (Å²) < 4.78 is 1.34. The molecule has 0 fully saturated rings. The molecule has 0 aliphatic rings. The summed E-state index contributed by atoms with van der Waals surface area (Å²) in [6.07, 6.45) is 2.85. The molecule has 0 amide bonds. The molecule has 0 N–H and O–H groups in total. The number of hydrogen-bond acceptors (Lipinski definition) is 3. The molecule has 0 saturated carbocycles. The first-order chi connectivity index (χ1) is 6.72. The topological polar surface area (TPSA) is 62.5 Å². The van der Waals surface area contributed by atoms with Crippen LogP contribution in [0.1, 0.15) is 5.56 Å². The van der Waals surface area contributed by atoms with E-state index in [1.54, 1.807) is 18.3 Å². The normalized spacial score (nSPS) is 10.0. The second-order valence-electron chi connectivity index (χ2n) is 2.98. The molecular weight excluding hydrogens is 180 g/mol. The van der Waals surface area contributed by atoms with Crippen molar-refractivity contribution in [2.45, 2.75) is 6.92 Å². The van der Waals surface area contributed by atoms with Crippen LogP contribution >= 0.6 is 0 Å². The Morgan fingerprint density at radius 2 is 2.36 bits per heavy atom. The molecule has 2 aromatic rings. The van der Waals surface area contributed by atoms with E-state index in [-0.39, 0.29) is 11.2 Å². The molecule has 5 nitrogen and oxygen atoms in total. The van der Waals surface area contributed by atoms with E-state index in [0.29, 0.717) is 5.65 Å². The molecule has 14 heavy (non-hydrogen) atoms. The molecule has 0 unspecified atom stereocenters. The number of hydrogen-bond donors (Lipinski definition) is 0. The Morgan fingerprint density at radius 1 is 1.57 bits per heavy atom. The molecule has 0 aromatic carbocycles. The largest absolute Gasteiger partial charge is 0.467 e. The third-order valence-corrected chi connectivity index (χ3v) is 1.95. The van der Waals surface area contributed by atoms with Crippen LogP contribution in [0, 0.1) is 12.3 Å². The highest BCUT2D eigenvalue weighted by molar-refractivity contribution is 5.47. The Kier molecular flexibility index (Phi) is 1.75. The van der Waals surface area contributed by atoms with Gasteiger partial charge in [0.15, 0.2) is 4.98 Å². The van der Waals surface area contributed by atoms with Gasteiger partial charge in [-0.05, 0) is 24.6 Å². The first kappa shape index (κ1) is 8.38. The van der Waals surface area contributed by atoms with Crippen LogP contribution in [0.2, 0.25) is 0 Å². The maximum atomic E-state index is 11.5. The molecule has 0 saturated heterocycles. The third-order valence-electron chi connectivity index (χ3n) is 1.95. The average molecular weight is 187 g/mol. The lowest BCUT2D eigenvalue weighted by atomic mass is 10.3. The number of pyridine rings is 1. The fourth-order valence-electron chi connectivity index (χ4n) is 1.24. The van der Waals surface area contributed by atoms with Gasteiger partial charge in [-0.3, -0.25) is 9.20 Å². The summed E-state index contributed by atoms with van der Waals surface area (Å²) in [4.78, 5) is 18.4. The van der Waals surface area contributed by atoms with Crippen LogP contribution in [0.4, 0.5) is 5.69 Å². The van der Waals surface area contributed by atoms with Crippen molar-refractivity contribution in [3.8, 4) is 0 Å². The fourth-order valence-corrected chi connectivity index (χ4v) is 1.24. The minimum Gasteiger partial charge on any atom is -0.261 e. The summed E-state index contributed by atoms with van der Waals surface area (Å²) in [5, 5.41) is 8.50. The standard InChI is InChI=1S/C9H7N4O/c1-6-2-3-13-8(4-6)11-5-7(12-10)9(13)14/h2-5H,1H3/q+1. The highest BCUT2D eigenvalue weighted by Gasteiger charge is 2.14. The van der Waals surface area contributed by atoms with Crippen molar-refractivity contribution in [2.24, 2.45) is 0 Å². The van der Waals surface area contributed by atoms with Gasteiger partial charge in [0.25, 0.3) is 0 Å². The van der Waals surface area contributed by atoms with Gasteiger partial charge in [-0.25, -0.2) is 4.98 Å². The Labute approximate surface area is 79.3 Å². The van der Waals surface area contributed by atoms with Crippen LogP contribution in [0.5, 0.6) is 0 Å². The Morgan fingerprint density at radius 3 is 3.07 bits per heavy atom. The monoisotopic (exact) mass is 187 g/mol. The molecule has 5 heteroatoms. The van der Waals surface area contributed by atoms with Crippen LogP contribution < -0.4 is 5.56 Å². The lowest BCUT2D eigenvalue weighted by Crippen LogP contribution is -2.13. The van der Waals surface area contributed by atoms with Crippen LogP contribution in [-0.4, -0.2) is 9.38 Å². The van der Waals surface area contributed by atoms with Crippen molar-refractivity contribution >= 4 is 11.3 Å². The number of aryl methyl sites for hydroxylation is 1. The molecule has 2 aromatic heterocycles. The van der Waals surface area contributed by atoms with Gasteiger partial charge < -0.3 is 0 Å². The van der Waals surface area contributed by atoms with Crippen LogP contribution in [0.3, 0.4) is 0 Å². The Balaban J connectivity index is 2.93. The minimum absolute atomic E-state index is 0.0636. The molecule has 0 aliphatic carbocycles. The number of diazo groups is 1. The maximum Gasteiger partial charge on any atom is 0.467 e. The van der Waals surface area contributed by atoms with Crippen LogP contribution in [0.15, 0.2) is 29.3 Å². The maximum absolute atomic E-state index is 11.5. The van der Waals surface area contributed by atoms with Crippen molar-refractivity contribution in [3.63, 3.8) is 0 Å². The second-order valence-corrected chi connectivity index (χ2v) is 2.98.